The molecule has 6 aromatic carbocycles. The van der Waals surface area contributed by atoms with Crippen molar-refractivity contribution in [2.75, 3.05) is 14.2 Å². The van der Waals surface area contributed by atoms with Gasteiger partial charge in [-0.15, -0.1) is 0 Å². The van der Waals surface area contributed by atoms with E-state index in [0.717, 1.165) is 57.3 Å². The average molecular weight is 745 g/mol. The molecule has 0 aliphatic heterocycles. The van der Waals surface area contributed by atoms with Crippen LogP contribution in [-0.4, -0.2) is 44.9 Å². The summed E-state index contributed by atoms with van der Waals surface area (Å²) in [5.41, 5.74) is 10.8. The first-order valence-corrected chi connectivity index (χ1v) is 18.1. The van der Waals surface area contributed by atoms with Crippen LogP contribution in [0.25, 0.3) is 0 Å². The molecule has 0 heterocycles. The molecule has 0 fully saturated rings. The first-order valence-electron chi connectivity index (χ1n) is 18.1. The van der Waals surface area contributed by atoms with E-state index in [0.29, 0.717) is 29.4 Å². The van der Waals surface area contributed by atoms with Crippen molar-refractivity contribution in [3.63, 3.8) is 0 Å². The van der Waals surface area contributed by atoms with E-state index in [9.17, 15) is 20.4 Å². The lowest BCUT2D eigenvalue weighted by atomic mass is 9.90. The second-order valence-electron chi connectivity index (χ2n) is 13.6. The maximum atomic E-state index is 10.0. The monoisotopic (exact) mass is 744 g/mol. The molecule has 0 radical (unpaired) electrons. The number of phenolic OH excluding ortho intramolecular Hbond substituents is 6. The topological polar surface area (TPSA) is 140 Å². The van der Waals surface area contributed by atoms with Crippen molar-refractivity contribution in [1.29, 1.82) is 0 Å². The second kappa shape index (κ2) is 19.2. The van der Waals surface area contributed by atoms with Crippen molar-refractivity contribution in [3.05, 3.63) is 165 Å². The second-order valence-corrected chi connectivity index (χ2v) is 13.6. The van der Waals surface area contributed by atoms with Gasteiger partial charge in [-0.2, -0.15) is 0 Å². The summed E-state index contributed by atoms with van der Waals surface area (Å²) >= 11 is 0. The van der Waals surface area contributed by atoms with Gasteiger partial charge in [0, 0.05) is 5.92 Å². The normalized spacial score (nSPS) is 10.5. The van der Waals surface area contributed by atoms with E-state index < -0.39 is 0 Å². The maximum absolute atomic E-state index is 10.0. The minimum Gasteiger partial charge on any atom is -0.508 e. The zero-order valence-corrected chi connectivity index (χ0v) is 32.6. The highest BCUT2D eigenvalue weighted by atomic mass is 16.5. The molecule has 8 heteroatoms. The van der Waals surface area contributed by atoms with Crippen LogP contribution >= 0.6 is 0 Å². The highest BCUT2D eigenvalue weighted by molar-refractivity contribution is 5.58. The van der Waals surface area contributed by atoms with Crippen molar-refractivity contribution >= 4 is 0 Å². The Balaban J connectivity index is 0.000000188. The SMILES string of the molecule is CC(c1ccc(O)cc1)c1ccc(O)cc1.COc1c(O)cc(C)c(Cc2c(C)cc(O)c(OC)c2C)c1C.Oc1ccc(CCc2ccc(O)cc2)cc1. The van der Waals surface area contributed by atoms with Crippen LogP contribution in [0.5, 0.6) is 46.0 Å². The number of aryl methyl sites for hydroxylation is 4. The molecule has 0 saturated heterocycles. The minimum atomic E-state index is 0.156. The number of hydrogen-bond donors (Lipinski definition) is 6. The van der Waals surface area contributed by atoms with E-state index in [-0.39, 0.29) is 28.9 Å². The van der Waals surface area contributed by atoms with Crippen LogP contribution < -0.4 is 9.47 Å². The number of aromatic hydroxyl groups is 6. The number of hydrogen-bond acceptors (Lipinski definition) is 8. The van der Waals surface area contributed by atoms with Crippen molar-refractivity contribution in [3.8, 4) is 46.0 Å². The lowest BCUT2D eigenvalue weighted by Crippen LogP contribution is -2.03. The highest BCUT2D eigenvalue weighted by Gasteiger charge is 2.18. The Labute approximate surface area is 324 Å². The number of rotatable bonds is 9. The van der Waals surface area contributed by atoms with E-state index in [1.54, 1.807) is 74.9 Å². The molecule has 288 valence electrons. The third kappa shape index (κ3) is 11.1. The van der Waals surface area contributed by atoms with Gasteiger partial charge in [0.25, 0.3) is 0 Å². The summed E-state index contributed by atoms with van der Waals surface area (Å²) in [6, 6.07) is 32.3. The van der Waals surface area contributed by atoms with Crippen molar-refractivity contribution in [1.82, 2.24) is 0 Å². The predicted molar refractivity (Wildman–Crippen MR) is 218 cm³/mol. The lowest BCUT2D eigenvalue weighted by molar-refractivity contribution is 0.369. The van der Waals surface area contributed by atoms with E-state index in [2.05, 4.69) is 6.92 Å². The molecular weight excluding hydrogens is 693 g/mol. The summed E-state index contributed by atoms with van der Waals surface area (Å²) in [4.78, 5) is 0. The molecule has 0 spiro atoms. The van der Waals surface area contributed by atoms with Gasteiger partial charge in [-0.25, -0.2) is 0 Å². The molecule has 55 heavy (non-hydrogen) atoms. The molecule has 0 amide bonds. The Kier molecular flexibility index (Phi) is 14.5. The molecule has 8 nitrogen and oxygen atoms in total. The Morgan fingerprint density at radius 1 is 0.455 bits per heavy atom. The number of ether oxygens (including phenoxy) is 2. The van der Waals surface area contributed by atoms with Crippen LogP contribution in [-0.2, 0) is 19.3 Å². The van der Waals surface area contributed by atoms with Crippen LogP contribution in [0.4, 0.5) is 0 Å². The standard InChI is InChI=1S/C19H24O4.2C14H14O2/c1-10-7-16(20)18(22-5)12(3)14(10)9-15-11(2)8-17(21)19(23-6)13(15)4;1-10(11-2-6-13(15)7-3-11)12-4-8-14(16)9-5-12;15-13-7-3-11(4-8-13)1-2-12-5-9-14(16)10-6-12/h7-8,20-21H,9H2,1-6H3;2-10,15-16H,1H3;3-10,15-16H,1-2H2. The fourth-order valence-electron chi connectivity index (χ4n) is 6.53. The third-order valence-electron chi connectivity index (χ3n) is 9.83. The van der Waals surface area contributed by atoms with E-state index in [4.69, 9.17) is 19.7 Å². The summed E-state index contributed by atoms with van der Waals surface area (Å²) in [5, 5.41) is 56.7. The third-order valence-corrected chi connectivity index (χ3v) is 9.83. The van der Waals surface area contributed by atoms with Gasteiger partial charge in [0.1, 0.15) is 23.0 Å². The largest absolute Gasteiger partial charge is 0.508 e. The Morgan fingerprint density at radius 2 is 0.745 bits per heavy atom. The van der Waals surface area contributed by atoms with Gasteiger partial charge in [-0.1, -0.05) is 55.5 Å². The molecule has 6 aromatic rings. The number of methoxy groups -OCH3 is 2. The van der Waals surface area contributed by atoms with Gasteiger partial charge >= 0.3 is 0 Å². The van der Waals surface area contributed by atoms with E-state index in [1.165, 1.54) is 11.1 Å². The fourth-order valence-corrected chi connectivity index (χ4v) is 6.53. The first-order chi connectivity index (χ1) is 26.2. The van der Waals surface area contributed by atoms with Gasteiger partial charge in [0.05, 0.1) is 14.2 Å². The van der Waals surface area contributed by atoms with Gasteiger partial charge in [-0.3, -0.25) is 0 Å². The summed E-state index contributed by atoms with van der Waals surface area (Å²) in [6.07, 6.45) is 2.55. The molecule has 0 aliphatic carbocycles. The van der Waals surface area contributed by atoms with Gasteiger partial charge in [0.2, 0.25) is 0 Å². The quantitative estimate of drug-likeness (QED) is 0.0860. The molecule has 0 bridgehead atoms. The van der Waals surface area contributed by atoms with Crippen LogP contribution in [0.2, 0.25) is 0 Å². The lowest BCUT2D eigenvalue weighted by Gasteiger charge is -2.19. The van der Waals surface area contributed by atoms with Crippen LogP contribution in [0.3, 0.4) is 0 Å². The highest BCUT2D eigenvalue weighted by Crippen LogP contribution is 2.39. The molecule has 0 aromatic heterocycles. The van der Waals surface area contributed by atoms with Crippen LogP contribution in [0.15, 0.2) is 109 Å². The van der Waals surface area contributed by atoms with Gasteiger partial charge in [-0.05, 0) is 163 Å². The summed E-state index contributed by atoms with van der Waals surface area (Å²) < 4.78 is 10.6. The predicted octanol–water partition coefficient (Wildman–Crippen LogP) is 10.1. The van der Waals surface area contributed by atoms with Crippen LogP contribution in [0.1, 0.15) is 68.5 Å². The first kappa shape index (κ1) is 41.5. The van der Waals surface area contributed by atoms with E-state index in [1.807, 2.05) is 76.2 Å². The summed E-state index contributed by atoms with van der Waals surface area (Å²) in [5.74, 6) is 2.73. The zero-order chi connectivity index (χ0) is 40.2. The molecular formula is C47H52O8. The molecule has 0 saturated carbocycles. The maximum Gasteiger partial charge on any atom is 0.163 e. The Bertz CT molecular complexity index is 1980. The Hall–Kier alpha value is -6.28. The molecule has 0 atom stereocenters. The van der Waals surface area contributed by atoms with Crippen molar-refractivity contribution < 1.29 is 40.1 Å². The van der Waals surface area contributed by atoms with Crippen molar-refractivity contribution in [2.45, 2.75) is 59.8 Å². The fraction of sp³-hybridized carbons (Fsp3) is 0.234. The molecule has 6 rings (SSSR count). The zero-order valence-electron chi connectivity index (χ0n) is 32.6. The number of phenols is 6. The number of benzene rings is 6. The van der Waals surface area contributed by atoms with Gasteiger partial charge < -0.3 is 40.1 Å². The smallest absolute Gasteiger partial charge is 0.163 e. The van der Waals surface area contributed by atoms with E-state index >= 15 is 0 Å². The Morgan fingerprint density at radius 3 is 1.04 bits per heavy atom. The minimum absolute atomic E-state index is 0.156. The molecule has 0 aliphatic rings. The molecule has 0 unspecified atom stereocenters. The summed E-state index contributed by atoms with van der Waals surface area (Å²) in [7, 11) is 3.11. The average Bonchev–Trinajstić information content (AvgIpc) is 3.16. The summed E-state index contributed by atoms with van der Waals surface area (Å²) in [6.45, 7) is 9.94. The molecule has 6 N–H and O–H groups in total. The van der Waals surface area contributed by atoms with Crippen molar-refractivity contribution in [2.24, 2.45) is 0 Å². The van der Waals surface area contributed by atoms with Crippen LogP contribution in [0, 0.1) is 27.7 Å². The van der Waals surface area contributed by atoms with Gasteiger partial charge in [0.15, 0.2) is 23.0 Å².